The van der Waals surface area contributed by atoms with Crippen LogP contribution in [-0.2, 0) is 0 Å². The fraction of sp³-hybridized carbons (Fsp3) is 1.00. The van der Waals surface area contributed by atoms with Gasteiger partial charge in [-0.3, -0.25) is 0 Å². The number of hydrogen-bond acceptors (Lipinski definition) is 3. The minimum atomic E-state index is -0.597. The van der Waals surface area contributed by atoms with Crippen LogP contribution in [0, 0.1) is 5.92 Å². The summed E-state index contributed by atoms with van der Waals surface area (Å²) in [5, 5.41) is 28.4. The van der Waals surface area contributed by atoms with E-state index < -0.39 is 23.2 Å². The van der Waals surface area contributed by atoms with Gasteiger partial charge in [-0.1, -0.05) is 20.8 Å². The first-order valence-electron chi connectivity index (χ1n) is 6.87. The average Bonchev–Trinajstić information content (AvgIpc) is 2.16. The molecule has 5 atom stereocenters. The molecule has 3 nitrogen and oxygen atoms in total. The maximum absolute atomic E-state index is 9.94. The molecule has 0 amide bonds. The van der Waals surface area contributed by atoms with E-state index in [1.54, 1.807) is 13.8 Å². The molecule has 0 aromatic rings. The number of hydrogen-bond donors (Lipinski definition) is 3. The summed E-state index contributed by atoms with van der Waals surface area (Å²) in [7, 11) is 0. The third-order valence-corrected chi connectivity index (χ3v) is 3.03. The van der Waals surface area contributed by atoms with Gasteiger partial charge in [0.2, 0.25) is 0 Å². The van der Waals surface area contributed by atoms with Crippen LogP contribution in [0.3, 0.4) is 0 Å². The smallest absolute Gasteiger partial charge is 0.0583 e. The molecular formula is C14H31ClO3. The van der Waals surface area contributed by atoms with E-state index in [0.29, 0.717) is 19.3 Å². The van der Waals surface area contributed by atoms with Crippen LogP contribution in [0.4, 0.5) is 0 Å². The standard InChI is InChI=1S/C12H25ClO3.C2H6/c1-8(5-9(2)14)11(16)7-12(4,13)6-10(3)15;1-2/h8-11,14-16H,5-7H2,1-4H3;1-2H3/t8?,9?,10?,11-,12?;/m1./s1. The van der Waals surface area contributed by atoms with Crippen molar-refractivity contribution in [1.29, 1.82) is 0 Å². The lowest BCUT2D eigenvalue weighted by Gasteiger charge is -2.29. The van der Waals surface area contributed by atoms with Crippen LogP contribution in [0.15, 0.2) is 0 Å². The number of rotatable bonds is 7. The summed E-state index contributed by atoms with van der Waals surface area (Å²) >= 11 is 6.22. The Kier molecular flexibility index (Phi) is 11.4. The Balaban J connectivity index is 0. The van der Waals surface area contributed by atoms with Gasteiger partial charge in [0.25, 0.3) is 0 Å². The first kappa shape index (κ1) is 20.5. The van der Waals surface area contributed by atoms with Crippen molar-refractivity contribution in [2.75, 3.05) is 0 Å². The summed E-state index contributed by atoms with van der Waals surface area (Å²) < 4.78 is 0. The SMILES string of the molecule is CC.CC(O)CC(C)[C@H](O)CC(C)(Cl)CC(C)O. The van der Waals surface area contributed by atoms with Crippen LogP contribution in [0.2, 0.25) is 0 Å². The minimum absolute atomic E-state index is 0.00655. The Morgan fingerprint density at radius 1 is 0.944 bits per heavy atom. The molecule has 112 valence electrons. The second-order valence-electron chi connectivity index (χ2n) is 5.30. The normalized spacial score (nSPS) is 21.0. The van der Waals surface area contributed by atoms with Gasteiger partial charge in [-0.15, -0.1) is 11.6 Å². The van der Waals surface area contributed by atoms with E-state index in [1.165, 1.54) is 0 Å². The summed E-state index contributed by atoms with van der Waals surface area (Å²) in [6, 6.07) is 0. The van der Waals surface area contributed by atoms with E-state index in [9.17, 15) is 15.3 Å². The maximum atomic E-state index is 9.94. The van der Waals surface area contributed by atoms with E-state index in [4.69, 9.17) is 11.6 Å². The van der Waals surface area contributed by atoms with E-state index in [2.05, 4.69) is 0 Å². The van der Waals surface area contributed by atoms with Crippen LogP contribution < -0.4 is 0 Å². The molecule has 0 fully saturated rings. The van der Waals surface area contributed by atoms with Crippen molar-refractivity contribution in [2.45, 2.75) is 84.0 Å². The largest absolute Gasteiger partial charge is 0.393 e. The van der Waals surface area contributed by atoms with Crippen molar-refractivity contribution < 1.29 is 15.3 Å². The molecule has 0 aliphatic heterocycles. The molecule has 0 saturated heterocycles. The molecule has 0 bridgehead atoms. The van der Waals surface area contributed by atoms with E-state index in [0.717, 1.165) is 0 Å². The summed E-state index contributed by atoms with van der Waals surface area (Å²) in [4.78, 5) is -0.597. The predicted octanol–water partition coefficient (Wildman–Crippen LogP) is 2.94. The number of aliphatic hydroxyl groups is 3. The Labute approximate surface area is 117 Å². The summed E-state index contributed by atoms with van der Waals surface area (Å²) in [6.45, 7) is 11.1. The summed E-state index contributed by atoms with van der Waals surface area (Å²) in [5.41, 5.74) is 0. The second-order valence-corrected chi connectivity index (χ2v) is 6.21. The predicted molar refractivity (Wildman–Crippen MR) is 78.0 cm³/mol. The van der Waals surface area contributed by atoms with Crippen LogP contribution in [0.25, 0.3) is 0 Å². The molecule has 0 aliphatic rings. The van der Waals surface area contributed by atoms with E-state index >= 15 is 0 Å². The fourth-order valence-electron chi connectivity index (χ4n) is 2.03. The van der Waals surface area contributed by atoms with E-state index in [1.807, 2.05) is 27.7 Å². The molecule has 18 heavy (non-hydrogen) atoms. The topological polar surface area (TPSA) is 60.7 Å². The molecular weight excluding hydrogens is 252 g/mol. The van der Waals surface area contributed by atoms with Crippen LogP contribution in [0.5, 0.6) is 0 Å². The zero-order valence-electron chi connectivity index (χ0n) is 12.7. The Hall–Kier alpha value is 0.170. The third-order valence-electron chi connectivity index (χ3n) is 2.73. The van der Waals surface area contributed by atoms with Crippen molar-refractivity contribution in [2.24, 2.45) is 5.92 Å². The van der Waals surface area contributed by atoms with Gasteiger partial charge in [0.05, 0.1) is 18.3 Å². The van der Waals surface area contributed by atoms with Crippen molar-refractivity contribution in [3.05, 3.63) is 0 Å². The Morgan fingerprint density at radius 2 is 1.39 bits per heavy atom. The van der Waals surface area contributed by atoms with Crippen molar-refractivity contribution in [3.63, 3.8) is 0 Å². The van der Waals surface area contributed by atoms with Gasteiger partial charge in [0.15, 0.2) is 0 Å². The Morgan fingerprint density at radius 3 is 1.72 bits per heavy atom. The van der Waals surface area contributed by atoms with Gasteiger partial charge in [-0.25, -0.2) is 0 Å². The van der Waals surface area contributed by atoms with Crippen LogP contribution in [0.1, 0.15) is 60.8 Å². The summed E-state index contributed by atoms with van der Waals surface area (Å²) in [5.74, 6) is 0.00655. The van der Waals surface area contributed by atoms with Crippen molar-refractivity contribution in [3.8, 4) is 0 Å². The van der Waals surface area contributed by atoms with E-state index in [-0.39, 0.29) is 5.92 Å². The zero-order chi connectivity index (χ0) is 14.9. The quantitative estimate of drug-likeness (QED) is 0.629. The molecule has 0 aliphatic carbocycles. The molecule has 4 heteroatoms. The van der Waals surface area contributed by atoms with Crippen molar-refractivity contribution >= 4 is 11.6 Å². The van der Waals surface area contributed by atoms with Crippen LogP contribution in [-0.4, -0.2) is 38.5 Å². The van der Waals surface area contributed by atoms with Crippen molar-refractivity contribution in [1.82, 2.24) is 0 Å². The van der Waals surface area contributed by atoms with Gasteiger partial charge >= 0.3 is 0 Å². The van der Waals surface area contributed by atoms with Gasteiger partial charge in [0, 0.05) is 4.87 Å². The molecule has 4 unspecified atom stereocenters. The highest BCUT2D eigenvalue weighted by atomic mass is 35.5. The summed E-state index contributed by atoms with van der Waals surface area (Å²) in [6.07, 6.45) is 0.00372. The fourth-order valence-corrected chi connectivity index (χ4v) is 2.41. The highest BCUT2D eigenvalue weighted by Crippen LogP contribution is 2.29. The lowest BCUT2D eigenvalue weighted by Crippen LogP contribution is -2.32. The molecule has 3 N–H and O–H groups in total. The first-order chi connectivity index (χ1) is 8.14. The molecule has 0 rings (SSSR count). The third kappa shape index (κ3) is 11.3. The monoisotopic (exact) mass is 282 g/mol. The highest BCUT2D eigenvalue weighted by molar-refractivity contribution is 6.23. The average molecular weight is 283 g/mol. The number of aliphatic hydroxyl groups excluding tert-OH is 3. The number of alkyl halides is 1. The molecule has 0 saturated carbocycles. The maximum Gasteiger partial charge on any atom is 0.0583 e. The molecule has 0 radical (unpaired) electrons. The Bertz CT molecular complexity index is 193. The lowest BCUT2D eigenvalue weighted by molar-refractivity contribution is 0.0566. The molecule has 0 spiro atoms. The van der Waals surface area contributed by atoms with Gasteiger partial charge in [-0.2, -0.15) is 0 Å². The van der Waals surface area contributed by atoms with Gasteiger partial charge in [0.1, 0.15) is 0 Å². The highest BCUT2D eigenvalue weighted by Gasteiger charge is 2.29. The van der Waals surface area contributed by atoms with Gasteiger partial charge in [-0.05, 0) is 46.0 Å². The second kappa shape index (κ2) is 10.0. The molecule has 0 aromatic carbocycles. The lowest BCUT2D eigenvalue weighted by atomic mass is 9.88. The number of halogens is 1. The zero-order valence-corrected chi connectivity index (χ0v) is 13.4. The van der Waals surface area contributed by atoms with Gasteiger partial charge < -0.3 is 15.3 Å². The first-order valence-corrected chi connectivity index (χ1v) is 7.25. The minimum Gasteiger partial charge on any atom is -0.393 e. The molecule has 0 heterocycles. The van der Waals surface area contributed by atoms with Crippen LogP contribution >= 0.6 is 11.6 Å². The molecule has 0 aromatic heterocycles.